The van der Waals surface area contributed by atoms with Crippen LogP contribution in [-0.4, -0.2) is 62.7 Å². The first-order valence-electron chi connectivity index (χ1n) is 13.5. The van der Waals surface area contributed by atoms with Gasteiger partial charge in [-0.3, -0.25) is 9.09 Å². The maximum Gasteiger partial charge on any atom is 0.459 e. The van der Waals surface area contributed by atoms with E-state index >= 15 is 4.39 Å². The summed E-state index contributed by atoms with van der Waals surface area (Å²) in [4.78, 5) is 15.9. The second kappa shape index (κ2) is 13.1. The Morgan fingerprint density at radius 3 is 2.62 bits per heavy atom. The van der Waals surface area contributed by atoms with E-state index < -0.39 is 56.5 Å². The zero-order valence-electron chi connectivity index (χ0n) is 22.6. The minimum Gasteiger partial charge on any atom is -0.413 e. The van der Waals surface area contributed by atoms with Gasteiger partial charge in [0.2, 0.25) is 0 Å². The number of aliphatic hydroxyl groups is 2. The van der Waals surface area contributed by atoms with E-state index in [-0.39, 0.29) is 24.1 Å². The van der Waals surface area contributed by atoms with Crippen LogP contribution in [0, 0.1) is 0 Å². The molecule has 2 fully saturated rings. The average molecular weight is 585 g/mol. The van der Waals surface area contributed by atoms with Crippen molar-refractivity contribution in [3.8, 4) is 5.75 Å². The van der Waals surface area contributed by atoms with E-state index in [0.717, 1.165) is 36.7 Å². The fourth-order valence-electron chi connectivity index (χ4n) is 4.90. The highest BCUT2D eigenvalue weighted by Crippen LogP contribution is 2.49. The first-order chi connectivity index (χ1) is 19.1. The molecule has 1 saturated carbocycles. The Balaban J connectivity index is 1.52. The number of nitrogens with one attached hydrogen (secondary N) is 1. The van der Waals surface area contributed by atoms with Crippen LogP contribution in [0.5, 0.6) is 5.75 Å². The highest BCUT2D eigenvalue weighted by Gasteiger charge is 2.56. The number of nitrogens with two attached hydrogens (primary N) is 1. The van der Waals surface area contributed by atoms with Gasteiger partial charge >= 0.3 is 13.4 Å². The molecule has 1 aromatic carbocycles. The van der Waals surface area contributed by atoms with Gasteiger partial charge in [-0.15, -0.1) is 0 Å². The smallest absolute Gasteiger partial charge is 0.413 e. The Morgan fingerprint density at radius 2 is 1.98 bits per heavy atom. The van der Waals surface area contributed by atoms with Crippen LogP contribution in [0.25, 0.3) is 0 Å². The molecule has 12 nitrogen and oxygen atoms in total. The lowest BCUT2D eigenvalue weighted by Crippen LogP contribution is -2.46. The van der Waals surface area contributed by atoms with Crippen molar-refractivity contribution in [1.82, 2.24) is 14.6 Å². The molecule has 14 heteroatoms. The van der Waals surface area contributed by atoms with Crippen molar-refractivity contribution in [2.24, 2.45) is 0 Å². The molecule has 0 amide bonds. The van der Waals surface area contributed by atoms with Gasteiger partial charge in [-0.25, -0.2) is 18.8 Å². The summed E-state index contributed by atoms with van der Waals surface area (Å²) in [5, 5.41) is 24.3. The molecule has 0 spiro atoms. The van der Waals surface area contributed by atoms with E-state index in [9.17, 15) is 19.6 Å². The van der Waals surface area contributed by atoms with Crippen LogP contribution in [0.3, 0.4) is 0 Å². The van der Waals surface area contributed by atoms with Crippen LogP contribution in [0.4, 0.5) is 10.2 Å². The number of hydrogen-bond acceptors (Lipinski definition) is 10. The molecule has 2 aliphatic rings. The lowest BCUT2D eigenvalue weighted by atomic mass is 9.94. The number of nitrogen functional groups attached to an aromatic ring is 1. The van der Waals surface area contributed by atoms with Gasteiger partial charge in [0.15, 0.2) is 18.7 Å². The standard InChI is InChI=1S/C26H38FN4O8P/c1-3-26(22(32)21(27)23(38-26)31-15-14-20(28)29-25(31)34)16-36-40(35,39-19-12-8-5-9-13-19)30-17(2)24(33)37-18-10-6-4-7-11-18/h5,8-9,12-15,17-18,21-24,32-33H,3-4,6-7,10-11,16H2,1-2H3,(H,30,35)(H2,28,29,34)/t17?,21-,22+,23-,24?,26-,40?/m1/s1. The molecule has 1 saturated heterocycles. The minimum absolute atomic E-state index is 0.0382. The van der Waals surface area contributed by atoms with Crippen molar-refractivity contribution in [3.05, 3.63) is 53.1 Å². The number of benzene rings is 1. The molecule has 2 aromatic rings. The molecule has 222 valence electrons. The Hall–Kier alpha value is -2.38. The van der Waals surface area contributed by atoms with E-state index in [1.807, 2.05) is 0 Å². The zero-order chi connectivity index (χ0) is 28.9. The van der Waals surface area contributed by atoms with Gasteiger partial charge in [0, 0.05) is 6.20 Å². The zero-order valence-corrected chi connectivity index (χ0v) is 23.5. The third kappa shape index (κ3) is 7.09. The second-order valence-corrected chi connectivity index (χ2v) is 11.9. The van der Waals surface area contributed by atoms with Gasteiger partial charge in [-0.1, -0.05) is 44.4 Å². The third-order valence-electron chi connectivity index (χ3n) is 7.31. The number of alkyl halides is 1. The summed E-state index contributed by atoms with van der Waals surface area (Å²) in [6.45, 7) is 2.64. The molecule has 1 aliphatic heterocycles. The number of rotatable bonds is 12. The highest BCUT2D eigenvalue weighted by atomic mass is 31.2. The van der Waals surface area contributed by atoms with Gasteiger partial charge in [0.1, 0.15) is 23.3 Å². The largest absolute Gasteiger partial charge is 0.459 e. The fraction of sp³-hybridized carbons (Fsp3) is 0.615. The predicted octanol–water partition coefficient (Wildman–Crippen LogP) is 3.05. The number of halogens is 1. The monoisotopic (exact) mass is 584 g/mol. The number of ether oxygens (including phenoxy) is 2. The predicted molar refractivity (Wildman–Crippen MR) is 144 cm³/mol. The van der Waals surface area contributed by atoms with Crippen molar-refractivity contribution in [2.75, 3.05) is 12.3 Å². The lowest BCUT2D eigenvalue weighted by Gasteiger charge is -2.33. The normalized spacial score (nSPS) is 28.6. The fourth-order valence-corrected chi connectivity index (χ4v) is 6.49. The molecular weight excluding hydrogens is 546 g/mol. The van der Waals surface area contributed by atoms with Crippen LogP contribution in [-0.2, 0) is 18.6 Å². The molecule has 1 aromatic heterocycles. The quantitative estimate of drug-likeness (QED) is 0.214. The maximum atomic E-state index is 15.3. The topological polar surface area (TPSA) is 167 Å². The molecular formula is C26H38FN4O8P. The van der Waals surface area contributed by atoms with E-state index in [1.54, 1.807) is 44.2 Å². The average Bonchev–Trinajstić information content (AvgIpc) is 3.18. The number of anilines is 1. The van der Waals surface area contributed by atoms with Gasteiger partial charge < -0.3 is 29.9 Å². The number of hydrogen-bond donors (Lipinski definition) is 4. The van der Waals surface area contributed by atoms with Crippen molar-refractivity contribution >= 4 is 13.6 Å². The van der Waals surface area contributed by atoms with Gasteiger partial charge in [0.05, 0.1) is 18.8 Å². The molecule has 5 N–H and O–H groups in total. The molecule has 0 bridgehead atoms. The summed E-state index contributed by atoms with van der Waals surface area (Å²) in [7, 11) is -4.27. The van der Waals surface area contributed by atoms with Crippen LogP contribution < -0.4 is 21.0 Å². The van der Waals surface area contributed by atoms with Gasteiger partial charge in [-0.2, -0.15) is 4.98 Å². The van der Waals surface area contributed by atoms with Crippen molar-refractivity contribution < 1.29 is 37.7 Å². The van der Waals surface area contributed by atoms with Crippen molar-refractivity contribution in [1.29, 1.82) is 0 Å². The number of nitrogens with zero attached hydrogens (tertiary/aromatic N) is 2. The highest BCUT2D eigenvalue weighted by molar-refractivity contribution is 7.52. The molecule has 40 heavy (non-hydrogen) atoms. The Labute approximate surface area is 232 Å². The molecule has 0 radical (unpaired) electrons. The maximum absolute atomic E-state index is 15.3. The van der Waals surface area contributed by atoms with E-state index in [2.05, 4.69) is 10.1 Å². The second-order valence-electron chi connectivity index (χ2n) is 10.2. The molecule has 1 aliphatic carbocycles. The van der Waals surface area contributed by atoms with Crippen LogP contribution in [0.1, 0.15) is 58.6 Å². The first-order valence-corrected chi connectivity index (χ1v) is 15.1. The Kier molecular flexibility index (Phi) is 9.99. The summed E-state index contributed by atoms with van der Waals surface area (Å²) in [5.41, 5.74) is 2.99. The Morgan fingerprint density at radius 1 is 1.27 bits per heavy atom. The van der Waals surface area contributed by atoms with Gasteiger partial charge in [-0.05, 0) is 44.4 Å². The molecule has 7 atom stereocenters. The molecule has 2 heterocycles. The third-order valence-corrected chi connectivity index (χ3v) is 8.96. The minimum atomic E-state index is -4.27. The SMILES string of the molecule is CC[C@]1(COP(=O)(NC(C)C(O)OC2CCCCC2)Oc2ccccc2)O[C@@H](n2ccc(N)nc2=O)[C@H](F)[C@@H]1O. The van der Waals surface area contributed by atoms with Crippen molar-refractivity contribution in [2.45, 2.75) is 94.9 Å². The van der Waals surface area contributed by atoms with E-state index in [4.69, 9.17) is 24.3 Å². The summed E-state index contributed by atoms with van der Waals surface area (Å²) in [6.07, 6.45) is -0.665. The number of aliphatic hydroxyl groups excluding tert-OH is 2. The Bertz CT molecular complexity index is 1220. The first kappa shape index (κ1) is 30.6. The summed E-state index contributed by atoms with van der Waals surface area (Å²) in [6, 6.07) is 8.67. The van der Waals surface area contributed by atoms with Crippen LogP contribution in [0.2, 0.25) is 0 Å². The molecule has 4 rings (SSSR count). The summed E-state index contributed by atoms with van der Waals surface area (Å²) in [5.74, 6) is 0.168. The van der Waals surface area contributed by atoms with E-state index in [1.165, 1.54) is 12.3 Å². The van der Waals surface area contributed by atoms with Gasteiger partial charge in [0.25, 0.3) is 0 Å². The van der Waals surface area contributed by atoms with Crippen LogP contribution >= 0.6 is 7.75 Å². The summed E-state index contributed by atoms with van der Waals surface area (Å²) >= 11 is 0. The van der Waals surface area contributed by atoms with Crippen molar-refractivity contribution in [3.63, 3.8) is 0 Å². The molecule has 3 unspecified atom stereocenters. The summed E-state index contributed by atoms with van der Waals surface area (Å²) < 4.78 is 53.3. The lowest BCUT2D eigenvalue weighted by molar-refractivity contribution is -0.155. The number of para-hydroxylation sites is 1. The van der Waals surface area contributed by atoms with E-state index in [0.29, 0.717) is 0 Å². The van der Waals surface area contributed by atoms with Crippen LogP contribution in [0.15, 0.2) is 47.4 Å². The number of aromatic nitrogens is 2.